The van der Waals surface area contributed by atoms with E-state index in [9.17, 15) is 10.2 Å². The van der Waals surface area contributed by atoms with Crippen LogP contribution in [0, 0.1) is 0 Å². The highest BCUT2D eigenvalue weighted by molar-refractivity contribution is 6.27. The van der Waals surface area contributed by atoms with E-state index in [1.54, 1.807) is 13.2 Å². The molecule has 2 fully saturated rings. The largest absolute Gasteiger partial charge is 0.504 e. The van der Waals surface area contributed by atoms with Crippen molar-refractivity contribution in [3.8, 4) is 11.5 Å². The Labute approximate surface area is 304 Å². The molecule has 4 aliphatic rings. The van der Waals surface area contributed by atoms with Crippen molar-refractivity contribution in [1.29, 1.82) is 0 Å². The van der Waals surface area contributed by atoms with Crippen molar-refractivity contribution >= 4 is 11.9 Å². The van der Waals surface area contributed by atoms with Crippen LogP contribution in [0.3, 0.4) is 0 Å². The fourth-order valence-corrected chi connectivity index (χ4v) is 7.74. The van der Waals surface area contributed by atoms with E-state index in [0.29, 0.717) is 111 Å². The van der Waals surface area contributed by atoms with Gasteiger partial charge in [-0.05, 0) is 43.9 Å². The quantitative estimate of drug-likeness (QED) is 0.0664. The number of methoxy groups -OCH3 is 1. The second-order valence-corrected chi connectivity index (χ2v) is 12.9. The van der Waals surface area contributed by atoms with E-state index in [0.717, 1.165) is 37.1 Å². The molecule has 52 heavy (non-hydrogen) atoms. The van der Waals surface area contributed by atoms with Gasteiger partial charge in [-0.25, -0.2) is 9.59 Å². The van der Waals surface area contributed by atoms with Crippen molar-refractivity contribution in [2.45, 2.75) is 54.9 Å². The number of hydrogen-bond acceptors (Lipinski definition) is 14. The summed E-state index contributed by atoms with van der Waals surface area (Å²) in [6.45, 7) is 12.6. The average molecular weight is 742 g/mol. The predicted octanol–water partition coefficient (Wildman–Crippen LogP) is 1.02. The lowest BCUT2D eigenvalue weighted by molar-refractivity contribution is -0.215. The number of hydrogen-bond donors (Lipinski definition) is 4. The van der Waals surface area contributed by atoms with Gasteiger partial charge in [0.25, 0.3) is 0 Å². The standard InChI is InChI=1S/C34H53NO11.C2H2O4/c1-3-9-35-10-8-33-30-26-4-5-27(36)31(30)46-32(33)28(6-7-34(33,37)29(35)25-26)45-24-23-44-22-21-43-20-19-42-18-17-41-16-15-40-14-13-39-12-11-38-2;3-1(4)2(5)6/h3-5,28-29,32,36-37H,1,6-25H2,2H3;(H,3,4)(H,5,6). The van der Waals surface area contributed by atoms with E-state index in [4.69, 9.17) is 62.4 Å². The lowest BCUT2D eigenvalue weighted by Gasteiger charge is -2.64. The first-order valence-corrected chi connectivity index (χ1v) is 17.8. The second kappa shape index (κ2) is 21.1. The number of carboxylic acid groups (broad SMARTS) is 2. The Balaban J connectivity index is 0.000000929. The van der Waals surface area contributed by atoms with Crippen molar-refractivity contribution in [1.82, 2.24) is 4.90 Å². The van der Waals surface area contributed by atoms with Crippen molar-refractivity contribution < 1.29 is 72.6 Å². The molecule has 2 aliphatic carbocycles. The summed E-state index contributed by atoms with van der Waals surface area (Å²) in [5, 5.41) is 37.9. The molecule has 5 unspecified atom stereocenters. The van der Waals surface area contributed by atoms with Crippen molar-refractivity contribution in [2.75, 3.05) is 113 Å². The van der Waals surface area contributed by atoms with Gasteiger partial charge in [0.2, 0.25) is 0 Å². The number of rotatable bonds is 24. The third-order valence-electron chi connectivity index (χ3n) is 9.92. The van der Waals surface area contributed by atoms with Gasteiger partial charge in [-0.15, -0.1) is 6.58 Å². The lowest BCUT2D eigenvalue weighted by Crippen LogP contribution is -2.77. The molecule has 2 heterocycles. The molecule has 16 heteroatoms. The van der Waals surface area contributed by atoms with E-state index in [1.165, 1.54) is 0 Å². The summed E-state index contributed by atoms with van der Waals surface area (Å²) in [6, 6.07) is 3.69. The number of phenolic OH excluding ortho intramolecular Hbond substituents is 1. The van der Waals surface area contributed by atoms with Crippen molar-refractivity contribution in [3.05, 3.63) is 35.9 Å². The third-order valence-corrected chi connectivity index (χ3v) is 9.92. The number of benzene rings is 1. The number of piperidine rings is 1. The molecule has 0 amide bonds. The Hall–Kier alpha value is -2.90. The number of aliphatic hydroxyl groups is 1. The number of likely N-dealkylation sites (tertiary alicyclic amines) is 1. The smallest absolute Gasteiger partial charge is 0.414 e. The SMILES string of the molecule is C=CCN1CCC23c4c5ccc(O)c4OC2C(OCCOCCOCCOCCOCCOCCOCCOC)CCC3(O)C1C5.O=C(O)C(=O)O. The summed E-state index contributed by atoms with van der Waals surface area (Å²) >= 11 is 0. The molecule has 1 saturated heterocycles. The minimum Gasteiger partial charge on any atom is -0.504 e. The van der Waals surface area contributed by atoms with Crippen LogP contribution in [-0.2, 0) is 59.3 Å². The zero-order valence-electron chi connectivity index (χ0n) is 30.0. The van der Waals surface area contributed by atoms with Crippen LogP contribution in [0.15, 0.2) is 24.8 Å². The average Bonchev–Trinajstić information content (AvgIpc) is 3.48. The Morgan fingerprint density at radius 1 is 0.846 bits per heavy atom. The van der Waals surface area contributed by atoms with Crippen LogP contribution in [-0.4, -0.2) is 174 Å². The maximum absolute atomic E-state index is 12.4. The zero-order chi connectivity index (χ0) is 37.4. The number of aliphatic carboxylic acids is 2. The van der Waals surface area contributed by atoms with Crippen LogP contribution in [0.5, 0.6) is 11.5 Å². The number of carbonyl (C=O) groups is 2. The zero-order valence-corrected chi connectivity index (χ0v) is 30.0. The first-order valence-electron chi connectivity index (χ1n) is 17.8. The molecule has 1 saturated carbocycles. The minimum atomic E-state index is -1.82. The third kappa shape index (κ3) is 10.2. The van der Waals surface area contributed by atoms with E-state index in [-0.39, 0.29) is 24.0 Å². The highest BCUT2D eigenvalue weighted by Gasteiger charge is 2.73. The molecule has 0 aromatic heterocycles. The molecule has 2 bridgehead atoms. The Morgan fingerprint density at radius 2 is 1.37 bits per heavy atom. The molecule has 2 aliphatic heterocycles. The van der Waals surface area contributed by atoms with Crippen LogP contribution in [0.4, 0.5) is 0 Å². The van der Waals surface area contributed by atoms with Crippen molar-refractivity contribution in [3.63, 3.8) is 0 Å². The predicted molar refractivity (Wildman–Crippen MR) is 184 cm³/mol. The lowest BCUT2D eigenvalue weighted by atomic mass is 9.48. The van der Waals surface area contributed by atoms with E-state index in [1.807, 2.05) is 12.1 Å². The molecule has 16 nitrogen and oxygen atoms in total. The highest BCUT2D eigenvalue weighted by atomic mass is 16.6. The fourth-order valence-electron chi connectivity index (χ4n) is 7.74. The van der Waals surface area contributed by atoms with Crippen LogP contribution in [0.25, 0.3) is 0 Å². The number of ether oxygens (including phenoxy) is 9. The summed E-state index contributed by atoms with van der Waals surface area (Å²) in [6.07, 6.45) is 4.12. The van der Waals surface area contributed by atoms with Gasteiger partial charge in [-0.2, -0.15) is 0 Å². The van der Waals surface area contributed by atoms with E-state index < -0.39 is 23.0 Å². The molecule has 294 valence electrons. The summed E-state index contributed by atoms with van der Waals surface area (Å²) in [5.41, 5.74) is 0.592. The maximum Gasteiger partial charge on any atom is 0.414 e. The topological polar surface area (TPSA) is 201 Å². The van der Waals surface area contributed by atoms with Gasteiger partial charge in [0.1, 0.15) is 6.10 Å². The molecular weight excluding hydrogens is 686 g/mol. The molecule has 5 atom stereocenters. The Bertz CT molecular complexity index is 1270. The second-order valence-electron chi connectivity index (χ2n) is 12.9. The minimum absolute atomic E-state index is 0.0238. The van der Waals surface area contributed by atoms with Gasteiger partial charge in [-0.1, -0.05) is 12.1 Å². The van der Waals surface area contributed by atoms with Gasteiger partial charge in [0.05, 0.1) is 110 Å². The molecular formula is C36H55NO15. The number of nitrogens with zero attached hydrogens (tertiary/aromatic N) is 1. The van der Waals surface area contributed by atoms with Crippen molar-refractivity contribution in [2.24, 2.45) is 0 Å². The Morgan fingerprint density at radius 3 is 1.87 bits per heavy atom. The summed E-state index contributed by atoms with van der Waals surface area (Å²) < 4.78 is 50.9. The fraction of sp³-hybridized carbons (Fsp3) is 0.722. The first-order chi connectivity index (χ1) is 25.2. The molecule has 1 aromatic rings. The van der Waals surface area contributed by atoms with Crippen LogP contribution in [0.2, 0.25) is 0 Å². The summed E-state index contributed by atoms with van der Waals surface area (Å²) in [5.74, 6) is -2.99. The Kier molecular flexibility index (Phi) is 17.0. The number of aromatic hydroxyl groups is 1. The van der Waals surface area contributed by atoms with Gasteiger partial charge in [0.15, 0.2) is 11.5 Å². The number of phenols is 1. The van der Waals surface area contributed by atoms with Gasteiger partial charge in [0, 0.05) is 25.3 Å². The van der Waals surface area contributed by atoms with Gasteiger partial charge < -0.3 is 63.1 Å². The molecule has 5 rings (SSSR count). The molecule has 0 radical (unpaired) electrons. The summed E-state index contributed by atoms with van der Waals surface area (Å²) in [4.78, 5) is 20.6. The summed E-state index contributed by atoms with van der Waals surface area (Å²) in [7, 11) is 1.65. The number of carboxylic acids is 2. The van der Waals surface area contributed by atoms with Crippen LogP contribution < -0.4 is 4.74 Å². The molecule has 1 aromatic carbocycles. The van der Waals surface area contributed by atoms with Gasteiger partial charge in [-0.3, -0.25) is 4.90 Å². The molecule has 4 N–H and O–H groups in total. The monoisotopic (exact) mass is 741 g/mol. The maximum atomic E-state index is 12.4. The van der Waals surface area contributed by atoms with E-state index >= 15 is 0 Å². The van der Waals surface area contributed by atoms with Gasteiger partial charge >= 0.3 is 11.9 Å². The first kappa shape index (κ1) is 41.9. The highest BCUT2D eigenvalue weighted by Crippen LogP contribution is 2.65. The van der Waals surface area contributed by atoms with Crippen LogP contribution in [0.1, 0.15) is 30.4 Å². The van der Waals surface area contributed by atoms with Crippen LogP contribution >= 0.6 is 0 Å². The normalized spacial score (nSPS) is 25.5. The molecule has 1 spiro atoms. The van der Waals surface area contributed by atoms with E-state index in [2.05, 4.69) is 11.5 Å².